The molecule has 2 aromatic rings. The number of nitrogens with one attached hydrogen (secondary N) is 2. The van der Waals surface area contributed by atoms with Crippen LogP contribution >= 0.6 is 0 Å². The molecule has 0 radical (unpaired) electrons. The normalized spacial score (nSPS) is 10.8. The first-order chi connectivity index (χ1) is 13.3. The first kappa shape index (κ1) is 21.2. The number of sulfonamides is 1. The Hall–Kier alpha value is -3.07. The number of hydrogen-bond acceptors (Lipinski definition) is 6. The molecule has 0 aliphatic carbocycles. The number of carbonyl (C=O) groups excluding carboxylic acids is 2. The Kier molecular flexibility index (Phi) is 7.39. The van der Waals surface area contributed by atoms with Gasteiger partial charge in [0.05, 0.1) is 25.0 Å². The molecule has 0 saturated carbocycles. The summed E-state index contributed by atoms with van der Waals surface area (Å²) in [6.07, 6.45) is -0.0488. The Balaban J connectivity index is 1.98. The Labute approximate surface area is 163 Å². The predicted molar refractivity (Wildman–Crippen MR) is 105 cm³/mol. The second-order valence-corrected chi connectivity index (χ2v) is 7.39. The van der Waals surface area contributed by atoms with Gasteiger partial charge in [0.2, 0.25) is 5.91 Å². The molecule has 0 aromatic heterocycles. The molecule has 9 heteroatoms. The summed E-state index contributed by atoms with van der Waals surface area (Å²) in [6.45, 7) is 2.39. The first-order valence-electron chi connectivity index (χ1n) is 8.56. The smallest absolute Gasteiger partial charge is 0.306 e. The summed E-state index contributed by atoms with van der Waals surface area (Å²) in [4.78, 5) is 22.9. The molecule has 150 valence electrons. The highest BCUT2D eigenvalue weighted by molar-refractivity contribution is 7.92. The van der Waals surface area contributed by atoms with Crippen molar-refractivity contribution >= 4 is 33.3 Å². The van der Waals surface area contributed by atoms with Crippen molar-refractivity contribution in [1.29, 1.82) is 0 Å². The van der Waals surface area contributed by atoms with E-state index in [1.165, 1.54) is 31.4 Å². The maximum atomic E-state index is 12.5. The van der Waals surface area contributed by atoms with Crippen LogP contribution in [0.25, 0.3) is 0 Å². The van der Waals surface area contributed by atoms with Crippen molar-refractivity contribution < 1.29 is 27.5 Å². The van der Waals surface area contributed by atoms with Gasteiger partial charge in [0.25, 0.3) is 10.0 Å². The number of anilines is 2. The van der Waals surface area contributed by atoms with Gasteiger partial charge in [0, 0.05) is 17.8 Å². The Morgan fingerprint density at radius 1 is 0.929 bits per heavy atom. The minimum Gasteiger partial charge on any atom is -0.494 e. The van der Waals surface area contributed by atoms with Gasteiger partial charge in [-0.05, 0) is 55.5 Å². The van der Waals surface area contributed by atoms with Gasteiger partial charge in [-0.25, -0.2) is 8.42 Å². The second-order valence-electron chi connectivity index (χ2n) is 5.71. The minimum absolute atomic E-state index is 0.0218. The van der Waals surface area contributed by atoms with Crippen molar-refractivity contribution in [2.24, 2.45) is 0 Å². The summed E-state index contributed by atoms with van der Waals surface area (Å²) in [5, 5.41) is 2.59. The standard InChI is InChI=1S/C19H22N2O6S/c1-3-27-16-8-4-15(5-9-16)21-28(24,25)17-10-6-14(7-11-17)20-18(22)12-13-19(23)26-2/h4-11,21H,3,12-13H2,1-2H3,(H,20,22). The Morgan fingerprint density at radius 3 is 2.11 bits per heavy atom. The largest absolute Gasteiger partial charge is 0.494 e. The van der Waals surface area contributed by atoms with Gasteiger partial charge in [-0.2, -0.15) is 0 Å². The summed E-state index contributed by atoms with van der Waals surface area (Å²) in [6, 6.07) is 12.3. The summed E-state index contributed by atoms with van der Waals surface area (Å²) in [5.74, 6) is -0.191. The molecular formula is C19H22N2O6S. The van der Waals surface area contributed by atoms with Crippen molar-refractivity contribution in [1.82, 2.24) is 0 Å². The van der Waals surface area contributed by atoms with Crippen LogP contribution in [-0.4, -0.2) is 34.0 Å². The third-order valence-corrected chi connectivity index (χ3v) is 5.05. The van der Waals surface area contributed by atoms with E-state index in [9.17, 15) is 18.0 Å². The molecule has 0 fully saturated rings. The highest BCUT2D eigenvalue weighted by Crippen LogP contribution is 2.21. The van der Waals surface area contributed by atoms with Crippen LogP contribution in [0.5, 0.6) is 5.75 Å². The highest BCUT2D eigenvalue weighted by atomic mass is 32.2. The van der Waals surface area contributed by atoms with E-state index in [1.54, 1.807) is 24.3 Å². The van der Waals surface area contributed by atoms with E-state index in [0.29, 0.717) is 23.7 Å². The van der Waals surface area contributed by atoms with Gasteiger partial charge in [-0.1, -0.05) is 0 Å². The molecule has 2 N–H and O–H groups in total. The molecule has 0 heterocycles. The molecule has 1 amide bonds. The molecule has 0 aliphatic heterocycles. The fourth-order valence-electron chi connectivity index (χ4n) is 2.26. The maximum Gasteiger partial charge on any atom is 0.306 e. The summed E-state index contributed by atoms with van der Waals surface area (Å²) < 4.78 is 37.2. The number of carbonyl (C=O) groups is 2. The molecule has 0 bridgehead atoms. The Morgan fingerprint density at radius 2 is 1.54 bits per heavy atom. The lowest BCUT2D eigenvalue weighted by atomic mass is 10.2. The molecule has 0 saturated heterocycles. The molecule has 2 rings (SSSR count). The minimum atomic E-state index is -3.77. The lowest BCUT2D eigenvalue weighted by molar-refractivity contribution is -0.141. The van der Waals surface area contributed by atoms with Crippen LogP contribution in [0.1, 0.15) is 19.8 Å². The van der Waals surface area contributed by atoms with Gasteiger partial charge in [0.1, 0.15) is 5.75 Å². The Bertz CT molecular complexity index is 908. The van der Waals surface area contributed by atoms with Gasteiger partial charge in [-0.3, -0.25) is 14.3 Å². The van der Waals surface area contributed by atoms with E-state index in [4.69, 9.17) is 4.74 Å². The van der Waals surface area contributed by atoms with Crippen molar-refractivity contribution in [2.45, 2.75) is 24.7 Å². The maximum absolute atomic E-state index is 12.5. The topological polar surface area (TPSA) is 111 Å². The quantitative estimate of drug-likeness (QED) is 0.620. The highest BCUT2D eigenvalue weighted by Gasteiger charge is 2.15. The van der Waals surface area contributed by atoms with Gasteiger partial charge < -0.3 is 14.8 Å². The average molecular weight is 406 g/mol. The van der Waals surface area contributed by atoms with Crippen LogP contribution in [0, 0.1) is 0 Å². The van der Waals surface area contributed by atoms with Crippen molar-refractivity contribution in [3.63, 3.8) is 0 Å². The summed E-state index contributed by atoms with van der Waals surface area (Å²) in [7, 11) is -2.52. The van der Waals surface area contributed by atoms with Crippen LogP contribution < -0.4 is 14.8 Å². The van der Waals surface area contributed by atoms with E-state index >= 15 is 0 Å². The number of methoxy groups -OCH3 is 1. The SMILES string of the molecule is CCOc1ccc(NS(=O)(=O)c2ccc(NC(=O)CCC(=O)OC)cc2)cc1. The van der Waals surface area contributed by atoms with E-state index in [2.05, 4.69) is 14.8 Å². The summed E-state index contributed by atoms with van der Waals surface area (Å²) >= 11 is 0. The predicted octanol–water partition coefficient (Wildman–Crippen LogP) is 2.78. The van der Waals surface area contributed by atoms with E-state index in [0.717, 1.165) is 0 Å². The molecular weight excluding hydrogens is 384 g/mol. The second kappa shape index (κ2) is 9.75. The molecule has 2 aromatic carbocycles. The molecule has 0 spiro atoms. The third kappa shape index (κ3) is 6.27. The molecule has 28 heavy (non-hydrogen) atoms. The van der Waals surface area contributed by atoms with Crippen molar-refractivity contribution in [2.75, 3.05) is 23.8 Å². The zero-order valence-corrected chi connectivity index (χ0v) is 16.4. The van der Waals surface area contributed by atoms with Crippen molar-refractivity contribution in [3.8, 4) is 5.75 Å². The van der Waals surface area contributed by atoms with Gasteiger partial charge in [0.15, 0.2) is 0 Å². The number of benzene rings is 2. The first-order valence-corrected chi connectivity index (χ1v) is 10.0. The van der Waals surface area contributed by atoms with E-state index < -0.39 is 16.0 Å². The van der Waals surface area contributed by atoms with Crippen LogP contribution in [-0.2, 0) is 24.3 Å². The molecule has 0 unspecified atom stereocenters. The fraction of sp³-hybridized carbons (Fsp3) is 0.263. The third-order valence-electron chi connectivity index (χ3n) is 3.65. The number of ether oxygens (including phenoxy) is 2. The number of esters is 1. The molecule has 8 nitrogen and oxygen atoms in total. The van der Waals surface area contributed by atoms with Crippen molar-refractivity contribution in [3.05, 3.63) is 48.5 Å². The number of hydrogen-bond donors (Lipinski definition) is 2. The van der Waals surface area contributed by atoms with Gasteiger partial charge >= 0.3 is 5.97 Å². The monoisotopic (exact) mass is 406 g/mol. The fourth-order valence-corrected chi connectivity index (χ4v) is 3.32. The van der Waals surface area contributed by atoms with Crippen LogP contribution in [0.4, 0.5) is 11.4 Å². The van der Waals surface area contributed by atoms with Crippen LogP contribution in [0.3, 0.4) is 0 Å². The lowest BCUT2D eigenvalue weighted by Gasteiger charge is -2.10. The number of amides is 1. The zero-order chi connectivity index (χ0) is 20.6. The van der Waals surface area contributed by atoms with Crippen LogP contribution in [0.15, 0.2) is 53.4 Å². The lowest BCUT2D eigenvalue weighted by Crippen LogP contribution is -2.15. The average Bonchev–Trinajstić information content (AvgIpc) is 2.68. The molecule has 0 aliphatic rings. The van der Waals surface area contributed by atoms with E-state index in [1.807, 2.05) is 6.92 Å². The summed E-state index contributed by atoms with van der Waals surface area (Å²) in [5.41, 5.74) is 0.832. The van der Waals surface area contributed by atoms with E-state index in [-0.39, 0.29) is 23.6 Å². The van der Waals surface area contributed by atoms with Gasteiger partial charge in [-0.15, -0.1) is 0 Å². The zero-order valence-electron chi connectivity index (χ0n) is 15.6. The molecule has 0 atom stereocenters. The van der Waals surface area contributed by atoms with Crippen LogP contribution in [0.2, 0.25) is 0 Å². The number of rotatable bonds is 9.